The molecule has 3 rings (SSSR count). The van der Waals surface area contributed by atoms with Crippen molar-refractivity contribution in [1.82, 2.24) is 15.0 Å². The van der Waals surface area contributed by atoms with Gasteiger partial charge in [-0.05, 0) is 50.2 Å². The Kier molecular flexibility index (Phi) is 5.38. The van der Waals surface area contributed by atoms with Crippen LogP contribution in [-0.2, 0) is 0 Å². The maximum Gasteiger partial charge on any atom is 0.257 e. The minimum atomic E-state index is -0.194. The Labute approximate surface area is 151 Å². The maximum atomic E-state index is 12.1. The number of aromatic nitrogens is 3. The fourth-order valence-corrected chi connectivity index (χ4v) is 2.39. The van der Waals surface area contributed by atoms with Gasteiger partial charge in [-0.2, -0.15) is 0 Å². The second kappa shape index (κ2) is 8.06. The summed E-state index contributed by atoms with van der Waals surface area (Å²) in [6, 6.07) is 12.7. The number of amides is 1. The highest BCUT2D eigenvalue weighted by atomic mass is 16.1. The van der Waals surface area contributed by atoms with Gasteiger partial charge in [0.05, 0.1) is 5.56 Å². The van der Waals surface area contributed by atoms with Crippen molar-refractivity contribution in [1.29, 1.82) is 0 Å². The van der Waals surface area contributed by atoms with E-state index in [4.69, 9.17) is 0 Å². The lowest BCUT2D eigenvalue weighted by atomic mass is 10.2. The number of nitrogens with zero attached hydrogens (tertiary/aromatic N) is 3. The van der Waals surface area contributed by atoms with Gasteiger partial charge in [0, 0.05) is 36.4 Å². The number of nitrogens with one attached hydrogen (secondary N) is 3. The topological polar surface area (TPSA) is 91.8 Å². The SMILES string of the molecule is CCNc1cc(Nc2ccc(NC(=O)c3cccnc3)cc2)nc(C)n1. The number of carbonyl (C=O) groups excluding carboxylic acids is 1. The van der Waals surface area contributed by atoms with Crippen molar-refractivity contribution >= 4 is 28.9 Å². The minimum absolute atomic E-state index is 0.194. The van der Waals surface area contributed by atoms with Crippen LogP contribution in [0.1, 0.15) is 23.1 Å². The van der Waals surface area contributed by atoms with Gasteiger partial charge in [-0.15, -0.1) is 0 Å². The van der Waals surface area contributed by atoms with Crippen molar-refractivity contribution in [3.8, 4) is 0 Å². The van der Waals surface area contributed by atoms with Crippen LogP contribution in [-0.4, -0.2) is 27.4 Å². The summed E-state index contributed by atoms with van der Waals surface area (Å²) >= 11 is 0. The number of anilines is 4. The first-order valence-electron chi connectivity index (χ1n) is 8.32. The molecule has 0 spiro atoms. The van der Waals surface area contributed by atoms with E-state index in [9.17, 15) is 4.79 Å². The zero-order chi connectivity index (χ0) is 18.4. The van der Waals surface area contributed by atoms with E-state index in [1.165, 1.54) is 6.20 Å². The van der Waals surface area contributed by atoms with Gasteiger partial charge < -0.3 is 16.0 Å². The lowest BCUT2D eigenvalue weighted by Crippen LogP contribution is -2.11. The molecule has 7 nitrogen and oxygen atoms in total. The molecule has 26 heavy (non-hydrogen) atoms. The molecule has 0 bridgehead atoms. The first kappa shape index (κ1) is 17.3. The first-order valence-corrected chi connectivity index (χ1v) is 8.32. The molecule has 3 aromatic rings. The summed E-state index contributed by atoms with van der Waals surface area (Å²) in [5, 5.41) is 9.26. The maximum absolute atomic E-state index is 12.1. The number of benzene rings is 1. The van der Waals surface area contributed by atoms with Crippen molar-refractivity contribution in [2.24, 2.45) is 0 Å². The molecule has 2 aromatic heterocycles. The van der Waals surface area contributed by atoms with Gasteiger partial charge in [-0.3, -0.25) is 9.78 Å². The summed E-state index contributed by atoms with van der Waals surface area (Å²) in [5.41, 5.74) is 2.09. The van der Waals surface area contributed by atoms with Crippen LogP contribution in [0.3, 0.4) is 0 Å². The van der Waals surface area contributed by atoms with Gasteiger partial charge in [-0.25, -0.2) is 9.97 Å². The third kappa shape index (κ3) is 4.54. The summed E-state index contributed by atoms with van der Waals surface area (Å²) < 4.78 is 0. The standard InChI is InChI=1S/C19H20N6O/c1-3-21-17-11-18(23-13(2)22-17)24-15-6-8-16(9-7-15)25-19(26)14-5-4-10-20-12-14/h4-12H,3H2,1-2H3,(H,25,26)(H2,21,22,23,24). The predicted molar refractivity (Wildman–Crippen MR) is 103 cm³/mol. The Hall–Kier alpha value is -3.48. The van der Waals surface area contributed by atoms with E-state index in [1.807, 2.05) is 44.2 Å². The van der Waals surface area contributed by atoms with Crippen molar-refractivity contribution in [2.45, 2.75) is 13.8 Å². The smallest absolute Gasteiger partial charge is 0.257 e. The number of carbonyl (C=O) groups is 1. The molecule has 0 aliphatic carbocycles. The van der Waals surface area contributed by atoms with Gasteiger partial charge in [0.1, 0.15) is 17.5 Å². The number of hydrogen-bond donors (Lipinski definition) is 3. The van der Waals surface area contributed by atoms with Gasteiger partial charge >= 0.3 is 0 Å². The molecule has 0 fully saturated rings. The lowest BCUT2D eigenvalue weighted by molar-refractivity contribution is 0.102. The van der Waals surface area contributed by atoms with E-state index in [2.05, 4.69) is 30.9 Å². The molecule has 7 heteroatoms. The molecule has 0 saturated carbocycles. The Morgan fingerprint density at radius 1 is 1.04 bits per heavy atom. The molecule has 0 radical (unpaired) electrons. The van der Waals surface area contributed by atoms with E-state index in [1.54, 1.807) is 18.3 Å². The summed E-state index contributed by atoms with van der Waals surface area (Å²) in [6.45, 7) is 4.66. The molecule has 1 aromatic carbocycles. The second-order valence-corrected chi connectivity index (χ2v) is 5.61. The Morgan fingerprint density at radius 2 is 1.77 bits per heavy atom. The van der Waals surface area contributed by atoms with E-state index in [-0.39, 0.29) is 5.91 Å². The first-order chi connectivity index (χ1) is 12.6. The van der Waals surface area contributed by atoms with Crippen LogP contribution >= 0.6 is 0 Å². The summed E-state index contributed by atoms with van der Waals surface area (Å²) in [5.74, 6) is 1.98. The molecule has 0 aliphatic heterocycles. The third-order valence-electron chi connectivity index (χ3n) is 3.53. The van der Waals surface area contributed by atoms with Gasteiger partial charge in [-0.1, -0.05) is 0 Å². The number of hydrogen-bond acceptors (Lipinski definition) is 6. The zero-order valence-electron chi connectivity index (χ0n) is 14.7. The van der Waals surface area contributed by atoms with Gasteiger partial charge in [0.2, 0.25) is 0 Å². The quantitative estimate of drug-likeness (QED) is 0.630. The monoisotopic (exact) mass is 348 g/mol. The molecule has 0 aliphatic rings. The fourth-order valence-electron chi connectivity index (χ4n) is 2.39. The largest absolute Gasteiger partial charge is 0.370 e. The highest BCUT2D eigenvalue weighted by Crippen LogP contribution is 2.20. The highest BCUT2D eigenvalue weighted by molar-refractivity contribution is 6.04. The van der Waals surface area contributed by atoms with Crippen molar-refractivity contribution in [3.05, 3.63) is 66.2 Å². The van der Waals surface area contributed by atoms with Gasteiger partial charge in [0.25, 0.3) is 5.91 Å². The molecular formula is C19H20N6O. The van der Waals surface area contributed by atoms with Crippen LogP contribution in [0.2, 0.25) is 0 Å². The molecule has 1 amide bonds. The number of rotatable bonds is 6. The Balaban J connectivity index is 1.67. The third-order valence-corrected chi connectivity index (χ3v) is 3.53. The van der Waals surface area contributed by atoms with Crippen LogP contribution in [0.5, 0.6) is 0 Å². The van der Waals surface area contributed by atoms with Crippen molar-refractivity contribution in [3.63, 3.8) is 0 Å². The molecule has 0 saturated heterocycles. The lowest BCUT2D eigenvalue weighted by Gasteiger charge is -2.10. The summed E-state index contributed by atoms with van der Waals surface area (Å²) in [6.07, 6.45) is 3.16. The number of aryl methyl sites for hydroxylation is 1. The van der Waals surface area contributed by atoms with Crippen molar-refractivity contribution in [2.75, 3.05) is 22.5 Å². The zero-order valence-corrected chi connectivity index (χ0v) is 14.7. The molecule has 0 atom stereocenters. The molecule has 2 heterocycles. The van der Waals surface area contributed by atoms with E-state index >= 15 is 0 Å². The van der Waals surface area contributed by atoms with E-state index in [0.717, 1.165) is 18.1 Å². The van der Waals surface area contributed by atoms with Crippen molar-refractivity contribution < 1.29 is 4.79 Å². The summed E-state index contributed by atoms with van der Waals surface area (Å²) in [7, 11) is 0. The van der Waals surface area contributed by atoms with Crippen LogP contribution < -0.4 is 16.0 Å². The predicted octanol–water partition coefficient (Wildman–Crippen LogP) is 3.61. The van der Waals surface area contributed by atoms with Crippen LogP contribution in [0.25, 0.3) is 0 Å². The Morgan fingerprint density at radius 3 is 2.46 bits per heavy atom. The molecule has 0 unspecified atom stereocenters. The van der Waals surface area contributed by atoms with Crippen LogP contribution in [0, 0.1) is 6.92 Å². The Bertz CT molecular complexity index is 880. The minimum Gasteiger partial charge on any atom is -0.370 e. The average Bonchev–Trinajstić information content (AvgIpc) is 2.64. The highest BCUT2D eigenvalue weighted by Gasteiger charge is 2.06. The van der Waals surface area contributed by atoms with Crippen LogP contribution in [0.4, 0.5) is 23.0 Å². The van der Waals surface area contributed by atoms with E-state index < -0.39 is 0 Å². The molecule has 3 N–H and O–H groups in total. The normalized spacial score (nSPS) is 10.2. The summed E-state index contributed by atoms with van der Waals surface area (Å²) in [4.78, 5) is 24.8. The molecular weight excluding hydrogens is 328 g/mol. The van der Waals surface area contributed by atoms with Gasteiger partial charge in [0.15, 0.2) is 0 Å². The van der Waals surface area contributed by atoms with Crippen LogP contribution in [0.15, 0.2) is 54.9 Å². The number of pyridine rings is 1. The fraction of sp³-hybridized carbons (Fsp3) is 0.158. The van der Waals surface area contributed by atoms with E-state index in [0.29, 0.717) is 22.9 Å². The molecule has 132 valence electrons. The average molecular weight is 348 g/mol. The second-order valence-electron chi connectivity index (χ2n) is 5.61.